The molecule has 1 aliphatic carbocycles. The number of carbonyl (C=O) groups excluding carboxylic acids is 1. The normalized spacial score (nSPS) is 18.1. The fourth-order valence-electron chi connectivity index (χ4n) is 2.45. The van der Waals surface area contributed by atoms with E-state index in [1.54, 1.807) is 22.6 Å². The number of aromatic nitrogens is 2. The number of imidazole rings is 1. The molecule has 0 spiro atoms. The number of likely N-dealkylation sites (N-methyl/N-ethyl adjacent to an activating group) is 1. The molecule has 0 unspecified atom stereocenters. The Hall–Kier alpha value is -2.08. The van der Waals surface area contributed by atoms with Gasteiger partial charge in [-0.25, -0.2) is 9.78 Å². The molecule has 0 bridgehead atoms. The van der Waals surface area contributed by atoms with Gasteiger partial charge >= 0.3 is 5.97 Å². The van der Waals surface area contributed by atoms with Gasteiger partial charge < -0.3 is 10.0 Å². The van der Waals surface area contributed by atoms with Gasteiger partial charge in [-0.1, -0.05) is 11.6 Å². The van der Waals surface area contributed by atoms with Crippen molar-refractivity contribution in [2.75, 3.05) is 7.05 Å². The van der Waals surface area contributed by atoms with Gasteiger partial charge in [0.05, 0.1) is 17.9 Å². The number of hydrogen-bond donors (Lipinski definition) is 1. The minimum absolute atomic E-state index is 0.000875. The Kier molecular flexibility index (Phi) is 2.50. The molecule has 0 fully saturated rings. The first-order chi connectivity index (χ1) is 8.99. The quantitative estimate of drug-likeness (QED) is 0.838. The molecule has 3 rings (SSSR count). The van der Waals surface area contributed by atoms with Gasteiger partial charge in [0.1, 0.15) is 12.0 Å². The number of carbonyl (C=O) groups is 2. The predicted molar refractivity (Wildman–Crippen MR) is 67.4 cm³/mol. The number of fused-ring (bicyclic) bond motifs is 2. The Morgan fingerprint density at radius 1 is 1.53 bits per heavy atom. The maximum Gasteiger partial charge on any atom is 0.356 e. The molecule has 98 valence electrons. The number of allylic oxidation sites excluding steroid dienone is 4. The van der Waals surface area contributed by atoms with Crippen molar-refractivity contribution in [2.24, 2.45) is 0 Å². The summed E-state index contributed by atoms with van der Waals surface area (Å²) in [6, 6.07) is 0. The van der Waals surface area contributed by atoms with Gasteiger partial charge in [0.2, 0.25) is 0 Å². The van der Waals surface area contributed by atoms with Crippen LogP contribution in [0.1, 0.15) is 22.6 Å². The molecule has 19 heavy (non-hydrogen) atoms. The second-order valence-corrected chi connectivity index (χ2v) is 4.98. The molecule has 1 N–H and O–H groups in total. The average Bonchev–Trinajstić information content (AvgIpc) is 2.71. The minimum atomic E-state index is -1.08. The van der Waals surface area contributed by atoms with Gasteiger partial charge in [0.25, 0.3) is 0 Å². The lowest BCUT2D eigenvalue weighted by atomic mass is 10.0. The molecular weight excluding hydrogens is 270 g/mol. The van der Waals surface area contributed by atoms with E-state index in [0.717, 1.165) is 0 Å². The van der Waals surface area contributed by atoms with Crippen LogP contribution in [-0.2, 0) is 11.3 Å². The number of nitrogens with zero attached hydrogens (tertiary/aromatic N) is 3. The average molecular weight is 280 g/mol. The third-order valence-electron chi connectivity index (χ3n) is 3.23. The summed E-state index contributed by atoms with van der Waals surface area (Å²) in [5.41, 5.74) is 1.68. The Bertz CT molecular complexity index is 672. The summed E-state index contributed by atoms with van der Waals surface area (Å²) in [4.78, 5) is 28.8. The number of aromatic carboxylic acids is 1. The first-order valence-electron chi connectivity index (χ1n) is 5.63. The SMILES string of the molecule is CN1Cc2c(C(=O)O)ncn2C2=C1C(=O)CC(Cl)=C2. The number of carboxylic acid groups (broad SMARTS) is 1. The predicted octanol–water partition coefficient (Wildman–Crippen LogP) is 1.29. The van der Waals surface area contributed by atoms with Crippen molar-refractivity contribution in [3.8, 4) is 0 Å². The smallest absolute Gasteiger partial charge is 0.356 e. The molecule has 2 heterocycles. The topological polar surface area (TPSA) is 75.4 Å². The highest BCUT2D eigenvalue weighted by Gasteiger charge is 2.32. The number of hydrogen-bond acceptors (Lipinski definition) is 4. The van der Waals surface area contributed by atoms with Crippen molar-refractivity contribution in [3.05, 3.63) is 34.5 Å². The summed E-state index contributed by atoms with van der Waals surface area (Å²) < 4.78 is 1.62. The molecule has 0 radical (unpaired) electrons. The Balaban J connectivity index is 2.25. The van der Waals surface area contributed by atoms with Gasteiger partial charge in [-0.05, 0) is 6.08 Å². The highest BCUT2D eigenvalue weighted by molar-refractivity contribution is 6.33. The molecular formula is C12H10ClN3O3. The van der Waals surface area contributed by atoms with E-state index in [9.17, 15) is 9.59 Å². The molecule has 0 saturated carbocycles. The van der Waals surface area contributed by atoms with Crippen molar-refractivity contribution in [1.82, 2.24) is 14.5 Å². The summed E-state index contributed by atoms with van der Waals surface area (Å²) in [5.74, 6) is -1.15. The zero-order valence-corrected chi connectivity index (χ0v) is 10.8. The molecule has 1 aromatic rings. The van der Waals surface area contributed by atoms with Crippen LogP contribution in [0.2, 0.25) is 0 Å². The van der Waals surface area contributed by atoms with Crippen LogP contribution in [-0.4, -0.2) is 38.4 Å². The molecule has 0 amide bonds. The Morgan fingerprint density at radius 2 is 2.26 bits per heavy atom. The minimum Gasteiger partial charge on any atom is -0.476 e. The van der Waals surface area contributed by atoms with Crippen molar-refractivity contribution < 1.29 is 14.7 Å². The molecule has 1 aromatic heterocycles. The van der Waals surface area contributed by atoms with Crippen LogP contribution in [0.3, 0.4) is 0 Å². The number of rotatable bonds is 1. The van der Waals surface area contributed by atoms with E-state index in [1.165, 1.54) is 6.33 Å². The largest absolute Gasteiger partial charge is 0.476 e. The molecule has 2 aliphatic rings. The van der Waals surface area contributed by atoms with E-state index in [0.29, 0.717) is 28.7 Å². The second kappa shape index (κ2) is 3.96. The maximum absolute atomic E-state index is 12.0. The van der Waals surface area contributed by atoms with E-state index < -0.39 is 5.97 Å². The summed E-state index contributed by atoms with van der Waals surface area (Å²) in [5, 5.41) is 9.54. The molecule has 6 nitrogen and oxygen atoms in total. The monoisotopic (exact) mass is 279 g/mol. The number of Topliss-reactive ketones (excluding diaryl/α,β-unsaturated/α-hetero) is 1. The first kappa shape index (κ1) is 12.0. The second-order valence-electron chi connectivity index (χ2n) is 4.50. The van der Waals surface area contributed by atoms with Crippen LogP contribution < -0.4 is 0 Å². The summed E-state index contributed by atoms with van der Waals surface area (Å²) in [6.07, 6.45) is 3.28. The first-order valence-corrected chi connectivity index (χ1v) is 6.01. The molecule has 0 aromatic carbocycles. The third kappa shape index (κ3) is 1.67. The van der Waals surface area contributed by atoms with E-state index >= 15 is 0 Å². The zero-order valence-electron chi connectivity index (χ0n) is 10.1. The van der Waals surface area contributed by atoms with Crippen LogP contribution in [0.15, 0.2) is 23.1 Å². The Labute approximate surface area is 113 Å². The highest BCUT2D eigenvalue weighted by atomic mass is 35.5. The number of halogens is 1. The van der Waals surface area contributed by atoms with Crippen molar-refractivity contribution in [3.63, 3.8) is 0 Å². The van der Waals surface area contributed by atoms with Gasteiger partial charge in [0.15, 0.2) is 11.5 Å². The number of ketones is 1. The van der Waals surface area contributed by atoms with Crippen LogP contribution >= 0.6 is 11.6 Å². The molecule has 1 aliphatic heterocycles. The van der Waals surface area contributed by atoms with E-state index in [2.05, 4.69) is 4.98 Å². The van der Waals surface area contributed by atoms with E-state index in [4.69, 9.17) is 16.7 Å². The van der Waals surface area contributed by atoms with E-state index in [1.807, 2.05) is 0 Å². The van der Waals surface area contributed by atoms with E-state index in [-0.39, 0.29) is 17.9 Å². The van der Waals surface area contributed by atoms with Crippen LogP contribution in [0.5, 0.6) is 0 Å². The van der Waals surface area contributed by atoms with Crippen molar-refractivity contribution in [2.45, 2.75) is 13.0 Å². The van der Waals surface area contributed by atoms with Gasteiger partial charge in [-0.3, -0.25) is 9.36 Å². The van der Waals surface area contributed by atoms with Crippen LogP contribution in [0.4, 0.5) is 0 Å². The van der Waals surface area contributed by atoms with Crippen molar-refractivity contribution in [1.29, 1.82) is 0 Å². The lowest BCUT2D eigenvalue weighted by Crippen LogP contribution is -2.33. The van der Waals surface area contributed by atoms with Gasteiger partial charge in [-0.15, -0.1) is 0 Å². The summed E-state index contributed by atoms with van der Waals surface area (Å²) in [7, 11) is 1.75. The fraction of sp³-hybridized carbons (Fsp3) is 0.250. The highest BCUT2D eigenvalue weighted by Crippen LogP contribution is 2.34. The lowest BCUT2D eigenvalue weighted by molar-refractivity contribution is -0.116. The van der Waals surface area contributed by atoms with Crippen LogP contribution in [0.25, 0.3) is 5.70 Å². The number of carboxylic acids is 1. The molecule has 0 atom stereocenters. The summed E-state index contributed by atoms with van der Waals surface area (Å²) >= 11 is 5.95. The fourth-order valence-corrected chi connectivity index (χ4v) is 2.68. The van der Waals surface area contributed by atoms with Gasteiger partial charge in [0, 0.05) is 18.5 Å². The zero-order chi connectivity index (χ0) is 13.7. The van der Waals surface area contributed by atoms with Crippen molar-refractivity contribution >= 4 is 29.1 Å². The molecule has 0 saturated heterocycles. The lowest BCUT2D eigenvalue weighted by Gasteiger charge is -2.32. The summed E-state index contributed by atoms with van der Waals surface area (Å²) in [6.45, 7) is 0.331. The van der Waals surface area contributed by atoms with Crippen LogP contribution in [0, 0.1) is 0 Å². The molecule has 7 heteroatoms. The Morgan fingerprint density at radius 3 is 2.95 bits per heavy atom. The third-order valence-corrected chi connectivity index (χ3v) is 3.47. The van der Waals surface area contributed by atoms with Gasteiger partial charge in [-0.2, -0.15) is 0 Å². The maximum atomic E-state index is 12.0. The standard InChI is InChI=1S/C12H10ClN3O3/c1-15-4-8-10(12(18)19)14-5-16(8)7-2-6(13)3-9(17)11(7)15/h2,5H,3-4H2,1H3,(H,18,19).